The lowest BCUT2D eigenvalue weighted by atomic mass is 10.2. The average molecular weight is 417 g/mol. The third-order valence-corrected chi connectivity index (χ3v) is 5.41. The molecule has 144 valence electrons. The number of anilines is 1. The largest absolute Gasteiger partial charge is 0.507 e. The Bertz CT molecular complexity index is 1130. The summed E-state index contributed by atoms with van der Waals surface area (Å²) >= 11 is 5.90. The zero-order chi connectivity index (χ0) is 20.1. The number of phenols is 1. The van der Waals surface area contributed by atoms with E-state index >= 15 is 0 Å². The highest BCUT2D eigenvalue weighted by Gasteiger charge is 2.14. The molecule has 8 heteroatoms. The zero-order valence-corrected chi connectivity index (χ0v) is 16.4. The quantitative estimate of drug-likeness (QED) is 0.574. The van der Waals surface area contributed by atoms with Crippen molar-refractivity contribution in [3.8, 4) is 11.5 Å². The number of phenolic OH excluding ortho intramolecular Hbond substituents is 1. The Morgan fingerprint density at radius 2 is 1.86 bits per heavy atom. The van der Waals surface area contributed by atoms with Gasteiger partial charge in [0.15, 0.2) is 0 Å². The monoisotopic (exact) mass is 416 g/mol. The van der Waals surface area contributed by atoms with Crippen molar-refractivity contribution < 1.29 is 18.3 Å². The molecular formula is C20H17ClN2O4S. The van der Waals surface area contributed by atoms with E-state index in [-0.39, 0.29) is 10.6 Å². The van der Waals surface area contributed by atoms with E-state index in [9.17, 15) is 13.5 Å². The van der Waals surface area contributed by atoms with Crippen molar-refractivity contribution in [1.29, 1.82) is 0 Å². The lowest BCUT2D eigenvalue weighted by Crippen LogP contribution is -2.12. The minimum atomic E-state index is -3.81. The number of benzene rings is 3. The SMILES string of the molecule is COc1ccc(O)c(C=Nc2cccc(S(=O)(=O)Nc3cccc(Cl)c3)c2)c1. The summed E-state index contributed by atoms with van der Waals surface area (Å²) < 4.78 is 32.8. The van der Waals surface area contributed by atoms with Crippen molar-refractivity contribution in [2.24, 2.45) is 4.99 Å². The van der Waals surface area contributed by atoms with E-state index in [2.05, 4.69) is 9.71 Å². The summed E-state index contributed by atoms with van der Waals surface area (Å²) in [5.74, 6) is 0.609. The Kier molecular flexibility index (Phi) is 5.87. The van der Waals surface area contributed by atoms with Crippen molar-refractivity contribution in [3.05, 3.63) is 77.3 Å². The van der Waals surface area contributed by atoms with Gasteiger partial charge in [-0.1, -0.05) is 23.7 Å². The Labute approximate surface area is 168 Å². The summed E-state index contributed by atoms with van der Waals surface area (Å²) in [5, 5.41) is 10.3. The van der Waals surface area contributed by atoms with Crippen LogP contribution in [0.15, 0.2) is 76.6 Å². The molecule has 0 saturated carbocycles. The normalized spacial score (nSPS) is 11.5. The van der Waals surface area contributed by atoms with Gasteiger partial charge < -0.3 is 9.84 Å². The molecule has 2 N–H and O–H groups in total. The number of aliphatic imine (C=N–C) groups is 1. The smallest absolute Gasteiger partial charge is 0.261 e. The van der Waals surface area contributed by atoms with Gasteiger partial charge in [-0.05, 0) is 54.6 Å². The third kappa shape index (κ3) is 4.82. The molecule has 3 aromatic carbocycles. The first-order valence-corrected chi connectivity index (χ1v) is 10.0. The molecule has 0 amide bonds. The molecule has 0 heterocycles. The predicted octanol–water partition coefficient (Wildman–Crippen LogP) is 4.61. The molecule has 0 atom stereocenters. The number of sulfonamides is 1. The van der Waals surface area contributed by atoms with Crippen LogP contribution in [0.2, 0.25) is 5.02 Å². The van der Waals surface area contributed by atoms with Crippen molar-refractivity contribution in [3.63, 3.8) is 0 Å². The highest BCUT2D eigenvalue weighted by molar-refractivity contribution is 7.92. The van der Waals surface area contributed by atoms with Crippen molar-refractivity contribution >= 4 is 39.2 Å². The molecule has 3 rings (SSSR count). The number of hydrogen-bond acceptors (Lipinski definition) is 5. The molecule has 0 aliphatic carbocycles. The van der Waals surface area contributed by atoms with Gasteiger partial charge in [-0.3, -0.25) is 9.71 Å². The molecule has 0 saturated heterocycles. The van der Waals surface area contributed by atoms with Crippen LogP contribution in [0.1, 0.15) is 5.56 Å². The number of nitrogens with zero attached hydrogens (tertiary/aromatic N) is 1. The van der Waals surface area contributed by atoms with Crippen LogP contribution in [0.3, 0.4) is 0 Å². The minimum Gasteiger partial charge on any atom is -0.507 e. The van der Waals surface area contributed by atoms with Gasteiger partial charge in [0, 0.05) is 16.8 Å². The van der Waals surface area contributed by atoms with Gasteiger partial charge in [0.2, 0.25) is 0 Å². The Morgan fingerprint density at radius 3 is 2.61 bits per heavy atom. The van der Waals surface area contributed by atoms with Crippen molar-refractivity contribution in [1.82, 2.24) is 0 Å². The van der Waals surface area contributed by atoms with E-state index in [1.165, 1.54) is 37.6 Å². The van der Waals surface area contributed by atoms with Gasteiger partial charge in [-0.25, -0.2) is 8.42 Å². The van der Waals surface area contributed by atoms with E-state index in [4.69, 9.17) is 16.3 Å². The van der Waals surface area contributed by atoms with Crippen molar-refractivity contribution in [2.75, 3.05) is 11.8 Å². The second-order valence-electron chi connectivity index (χ2n) is 5.80. The van der Waals surface area contributed by atoms with Gasteiger partial charge in [-0.15, -0.1) is 0 Å². The molecular weight excluding hydrogens is 400 g/mol. The molecule has 28 heavy (non-hydrogen) atoms. The van der Waals surface area contributed by atoms with Crippen LogP contribution >= 0.6 is 11.6 Å². The number of ether oxygens (including phenoxy) is 1. The first-order valence-electron chi connectivity index (χ1n) is 8.17. The molecule has 0 unspecified atom stereocenters. The van der Waals surface area contributed by atoms with Crippen LogP contribution < -0.4 is 9.46 Å². The van der Waals surface area contributed by atoms with Crippen LogP contribution in [-0.4, -0.2) is 26.8 Å². The second kappa shape index (κ2) is 8.33. The summed E-state index contributed by atoms with van der Waals surface area (Å²) in [7, 11) is -2.28. The summed E-state index contributed by atoms with van der Waals surface area (Å²) in [6.45, 7) is 0. The van der Waals surface area contributed by atoms with Crippen LogP contribution in [0, 0.1) is 0 Å². The lowest BCUT2D eigenvalue weighted by molar-refractivity contribution is 0.412. The molecule has 0 spiro atoms. The maximum Gasteiger partial charge on any atom is 0.261 e. The third-order valence-electron chi connectivity index (χ3n) is 3.79. The maximum atomic E-state index is 12.6. The van der Waals surface area contributed by atoms with E-state index in [1.807, 2.05) is 0 Å². The average Bonchev–Trinajstić information content (AvgIpc) is 2.67. The maximum absolute atomic E-state index is 12.6. The molecule has 3 aromatic rings. The summed E-state index contributed by atoms with van der Waals surface area (Å²) in [5.41, 5.74) is 1.23. The van der Waals surface area contributed by atoms with Gasteiger partial charge in [0.1, 0.15) is 11.5 Å². The highest BCUT2D eigenvalue weighted by atomic mass is 35.5. The van der Waals surface area contributed by atoms with E-state index in [1.54, 1.807) is 42.5 Å². The van der Waals surface area contributed by atoms with Crippen LogP contribution in [0.4, 0.5) is 11.4 Å². The number of halogens is 1. The lowest BCUT2D eigenvalue weighted by Gasteiger charge is -2.09. The first-order chi connectivity index (χ1) is 13.4. The number of methoxy groups -OCH3 is 1. The highest BCUT2D eigenvalue weighted by Crippen LogP contribution is 2.24. The number of rotatable bonds is 6. The van der Waals surface area contributed by atoms with E-state index in [0.29, 0.717) is 27.7 Å². The molecule has 6 nitrogen and oxygen atoms in total. The fourth-order valence-electron chi connectivity index (χ4n) is 2.40. The summed E-state index contributed by atoms with van der Waals surface area (Å²) in [6, 6.07) is 17.3. The number of hydrogen-bond donors (Lipinski definition) is 2. The van der Waals surface area contributed by atoms with Crippen LogP contribution in [0.5, 0.6) is 11.5 Å². The molecule has 0 bridgehead atoms. The van der Waals surface area contributed by atoms with Crippen LogP contribution in [-0.2, 0) is 10.0 Å². The predicted molar refractivity (Wildman–Crippen MR) is 111 cm³/mol. The van der Waals surface area contributed by atoms with Crippen molar-refractivity contribution in [2.45, 2.75) is 4.90 Å². The first kappa shape index (κ1) is 19.7. The second-order valence-corrected chi connectivity index (χ2v) is 7.91. The number of nitrogens with one attached hydrogen (secondary N) is 1. The Hall–Kier alpha value is -3.03. The topological polar surface area (TPSA) is 88.0 Å². The molecule has 0 aliphatic heterocycles. The fourth-order valence-corrected chi connectivity index (χ4v) is 3.68. The molecule has 0 radical (unpaired) electrons. The molecule has 0 aromatic heterocycles. The van der Waals surface area contributed by atoms with Gasteiger partial charge in [-0.2, -0.15) is 0 Å². The summed E-state index contributed by atoms with van der Waals surface area (Å²) in [4.78, 5) is 4.31. The van der Waals surface area contributed by atoms with E-state index in [0.717, 1.165) is 0 Å². The number of aromatic hydroxyl groups is 1. The summed E-state index contributed by atoms with van der Waals surface area (Å²) in [6.07, 6.45) is 1.44. The van der Waals surface area contributed by atoms with Gasteiger partial charge in [0.25, 0.3) is 10.0 Å². The molecule has 0 aliphatic rings. The Morgan fingerprint density at radius 1 is 1.07 bits per heavy atom. The van der Waals surface area contributed by atoms with E-state index < -0.39 is 10.0 Å². The van der Waals surface area contributed by atoms with Gasteiger partial charge >= 0.3 is 0 Å². The Balaban J connectivity index is 1.86. The minimum absolute atomic E-state index is 0.0379. The van der Waals surface area contributed by atoms with Crippen LogP contribution in [0.25, 0.3) is 0 Å². The zero-order valence-electron chi connectivity index (χ0n) is 14.8. The molecule has 0 fully saturated rings. The fraction of sp³-hybridized carbons (Fsp3) is 0.0500. The standard InChI is InChI=1S/C20H17ClN2O4S/c1-27-18-8-9-20(24)14(10-18)13-22-16-5-3-7-19(12-16)28(25,26)23-17-6-2-4-15(21)11-17/h2-13,23-24H,1H3. The van der Waals surface area contributed by atoms with Gasteiger partial charge in [0.05, 0.1) is 23.4 Å².